The number of para-hydroxylation sites is 1. The fraction of sp³-hybridized carbons (Fsp3) is 0.400. The number of carbonyl (C=O) groups excluding carboxylic acids is 1. The maximum atomic E-state index is 11.2. The number of carbonyl (C=O) groups is 1. The van der Waals surface area contributed by atoms with Crippen molar-refractivity contribution in [3.05, 3.63) is 72.3 Å². The van der Waals surface area contributed by atoms with Crippen LogP contribution < -0.4 is 4.74 Å². The van der Waals surface area contributed by atoms with Crippen LogP contribution in [0.5, 0.6) is 11.5 Å². The van der Waals surface area contributed by atoms with Crippen molar-refractivity contribution in [3.63, 3.8) is 0 Å². The van der Waals surface area contributed by atoms with Crippen LogP contribution in [-0.4, -0.2) is 31.9 Å². The summed E-state index contributed by atoms with van der Waals surface area (Å²) in [5.74, 6) is 1.22. The second kappa shape index (κ2) is 9.92. The third-order valence-electron chi connectivity index (χ3n) is 5.72. The monoisotopic (exact) mass is 410 g/mol. The van der Waals surface area contributed by atoms with Gasteiger partial charge in [-0.25, -0.2) is 4.79 Å². The zero-order valence-corrected chi connectivity index (χ0v) is 17.9. The van der Waals surface area contributed by atoms with Crippen LogP contribution in [0.15, 0.2) is 66.7 Å². The van der Waals surface area contributed by atoms with Crippen molar-refractivity contribution in [2.75, 3.05) is 20.3 Å². The Kier molecular flexibility index (Phi) is 7.29. The largest absolute Gasteiger partial charge is 0.466 e. The van der Waals surface area contributed by atoms with Gasteiger partial charge >= 0.3 is 5.97 Å². The number of hydrogen-bond acceptors (Lipinski definition) is 5. The Morgan fingerprint density at radius 1 is 1.10 bits per heavy atom. The van der Waals surface area contributed by atoms with E-state index in [-0.39, 0.29) is 11.6 Å². The molecule has 30 heavy (non-hydrogen) atoms. The van der Waals surface area contributed by atoms with Gasteiger partial charge in [-0.3, -0.25) is 0 Å². The van der Waals surface area contributed by atoms with Crippen molar-refractivity contribution in [2.45, 2.75) is 44.3 Å². The molecular weight excluding hydrogens is 380 g/mol. The highest BCUT2D eigenvalue weighted by Crippen LogP contribution is 2.42. The van der Waals surface area contributed by atoms with Crippen LogP contribution in [0.3, 0.4) is 0 Å². The van der Waals surface area contributed by atoms with Crippen molar-refractivity contribution in [2.24, 2.45) is 0 Å². The number of ether oxygens (including phenoxy) is 4. The SMILES string of the molecule is CCC1(OC/C=C/C(=O)OC)CCC(C)(c2cccc(Oc3ccccc3)c2)OC1. The van der Waals surface area contributed by atoms with Gasteiger partial charge in [-0.1, -0.05) is 43.3 Å². The van der Waals surface area contributed by atoms with Gasteiger partial charge in [0.05, 0.1) is 31.5 Å². The fourth-order valence-corrected chi connectivity index (χ4v) is 3.57. The predicted molar refractivity (Wildman–Crippen MR) is 116 cm³/mol. The molecule has 0 bridgehead atoms. The van der Waals surface area contributed by atoms with E-state index in [0.717, 1.165) is 36.3 Å². The molecule has 1 aliphatic rings. The second-order valence-corrected chi connectivity index (χ2v) is 7.74. The lowest BCUT2D eigenvalue weighted by Crippen LogP contribution is -2.47. The number of methoxy groups -OCH3 is 1. The second-order valence-electron chi connectivity index (χ2n) is 7.74. The molecule has 0 aliphatic carbocycles. The van der Waals surface area contributed by atoms with E-state index in [1.807, 2.05) is 48.5 Å². The lowest BCUT2D eigenvalue weighted by atomic mass is 9.81. The first-order chi connectivity index (χ1) is 14.5. The smallest absolute Gasteiger partial charge is 0.330 e. The topological polar surface area (TPSA) is 54.0 Å². The van der Waals surface area contributed by atoms with Crippen LogP contribution in [0.25, 0.3) is 0 Å². The van der Waals surface area contributed by atoms with E-state index in [2.05, 4.69) is 24.7 Å². The Morgan fingerprint density at radius 2 is 1.87 bits per heavy atom. The maximum absolute atomic E-state index is 11.2. The molecule has 5 heteroatoms. The first-order valence-electron chi connectivity index (χ1n) is 10.3. The molecule has 0 N–H and O–H groups in total. The molecule has 0 saturated carbocycles. The number of benzene rings is 2. The molecule has 3 rings (SSSR count). The van der Waals surface area contributed by atoms with Crippen LogP contribution in [0, 0.1) is 0 Å². The van der Waals surface area contributed by atoms with Crippen molar-refractivity contribution in [1.29, 1.82) is 0 Å². The van der Waals surface area contributed by atoms with E-state index < -0.39 is 5.60 Å². The molecule has 1 aliphatic heterocycles. The van der Waals surface area contributed by atoms with E-state index in [1.165, 1.54) is 13.2 Å². The van der Waals surface area contributed by atoms with Crippen LogP contribution in [0.4, 0.5) is 0 Å². The average Bonchev–Trinajstić information content (AvgIpc) is 2.79. The van der Waals surface area contributed by atoms with Gasteiger partial charge in [0.1, 0.15) is 11.5 Å². The third-order valence-corrected chi connectivity index (χ3v) is 5.72. The molecule has 1 fully saturated rings. The van der Waals surface area contributed by atoms with Crippen molar-refractivity contribution in [1.82, 2.24) is 0 Å². The van der Waals surface area contributed by atoms with Gasteiger partial charge in [-0.2, -0.15) is 0 Å². The molecule has 0 radical (unpaired) electrons. The minimum Gasteiger partial charge on any atom is -0.466 e. The predicted octanol–water partition coefficient (Wildman–Crippen LogP) is 5.40. The maximum Gasteiger partial charge on any atom is 0.330 e. The highest BCUT2D eigenvalue weighted by Gasteiger charge is 2.42. The molecule has 5 nitrogen and oxygen atoms in total. The van der Waals surface area contributed by atoms with Gasteiger partial charge in [0, 0.05) is 6.08 Å². The lowest BCUT2D eigenvalue weighted by molar-refractivity contribution is -0.186. The number of hydrogen-bond donors (Lipinski definition) is 0. The summed E-state index contributed by atoms with van der Waals surface area (Å²) in [5, 5.41) is 0. The summed E-state index contributed by atoms with van der Waals surface area (Å²) in [6.45, 7) is 5.06. The van der Waals surface area contributed by atoms with E-state index in [9.17, 15) is 4.79 Å². The highest BCUT2D eigenvalue weighted by atomic mass is 16.6. The fourth-order valence-electron chi connectivity index (χ4n) is 3.57. The molecule has 2 aromatic rings. The summed E-state index contributed by atoms with van der Waals surface area (Å²) in [5.41, 5.74) is 0.337. The van der Waals surface area contributed by atoms with Crippen molar-refractivity contribution in [3.8, 4) is 11.5 Å². The summed E-state index contributed by atoms with van der Waals surface area (Å²) in [6, 6.07) is 17.8. The first-order valence-corrected chi connectivity index (χ1v) is 10.3. The molecule has 0 spiro atoms. The van der Waals surface area contributed by atoms with Crippen LogP contribution >= 0.6 is 0 Å². The van der Waals surface area contributed by atoms with Crippen molar-refractivity contribution >= 4 is 5.97 Å². The quantitative estimate of drug-likeness (QED) is 0.431. The molecule has 2 aromatic carbocycles. The molecule has 0 amide bonds. The van der Waals surface area contributed by atoms with Gasteiger partial charge in [-0.05, 0) is 56.0 Å². The molecule has 1 heterocycles. The Morgan fingerprint density at radius 3 is 2.53 bits per heavy atom. The normalized spacial score (nSPS) is 24.0. The highest BCUT2D eigenvalue weighted by molar-refractivity contribution is 5.81. The zero-order chi connectivity index (χ0) is 21.5. The van der Waals surface area contributed by atoms with Crippen molar-refractivity contribution < 1.29 is 23.7 Å². The average molecular weight is 411 g/mol. The van der Waals surface area contributed by atoms with E-state index in [0.29, 0.717) is 13.2 Å². The molecule has 1 saturated heterocycles. The van der Waals surface area contributed by atoms with E-state index >= 15 is 0 Å². The Balaban J connectivity index is 1.64. The molecule has 160 valence electrons. The van der Waals surface area contributed by atoms with Gasteiger partial charge in [0.25, 0.3) is 0 Å². The van der Waals surface area contributed by atoms with Gasteiger partial charge < -0.3 is 18.9 Å². The van der Waals surface area contributed by atoms with E-state index in [1.54, 1.807) is 6.08 Å². The van der Waals surface area contributed by atoms with Gasteiger partial charge in [0.15, 0.2) is 0 Å². The molecule has 0 aromatic heterocycles. The number of rotatable bonds is 8. The van der Waals surface area contributed by atoms with E-state index in [4.69, 9.17) is 14.2 Å². The summed E-state index contributed by atoms with van der Waals surface area (Å²) >= 11 is 0. The molecule has 2 atom stereocenters. The number of esters is 1. The third kappa shape index (κ3) is 5.49. The zero-order valence-electron chi connectivity index (χ0n) is 17.9. The first kappa shape index (κ1) is 22.1. The summed E-state index contributed by atoms with van der Waals surface area (Å²) in [4.78, 5) is 11.2. The van der Waals surface area contributed by atoms with Crippen LogP contribution in [0.1, 0.15) is 38.7 Å². The minimum absolute atomic E-state index is 0.349. The van der Waals surface area contributed by atoms with Gasteiger partial charge in [0.2, 0.25) is 0 Å². The summed E-state index contributed by atoms with van der Waals surface area (Å²) < 4.78 is 23.1. The Bertz CT molecular complexity index is 851. The van der Waals surface area contributed by atoms with Crippen LogP contribution in [0.2, 0.25) is 0 Å². The van der Waals surface area contributed by atoms with Gasteiger partial charge in [-0.15, -0.1) is 0 Å². The lowest BCUT2D eigenvalue weighted by Gasteiger charge is -2.44. The Labute approximate surface area is 178 Å². The standard InChI is InChI=1S/C25H30O5/c1-4-25(28-17-9-14-23(26)27-3)16-15-24(2,29-19-25)20-10-8-13-22(18-20)30-21-11-6-5-7-12-21/h5-14,18H,4,15-17,19H2,1-3H3/b14-9+. The van der Waals surface area contributed by atoms with Crippen LogP contribution in [-0.2, 0) is 24.6 Å². The Hall–Kier alpha value is -2.63. The molecule has 2 unspecified atom stereocenters. The summed E-state index contributed by atoms with van der Waals surface area (Å²) in [7, 11) is 1.36. The molecular formula is C25H30O5. The summed E-state index contributed by atoms with van der Waals surface area (Å²) in [6.07, 6.45) is 5.61. The minimum atomic E-state index is -0.403.